The molecule has 37 heavy (non-hydrogen) atoms. The van der Waals surface area contributed by atoms with Gasteiger partial charge in [-0.05, 0) is 43.2 Å². The molecule has 0 aliphatic carbocycles. The molecule has 1 N–H and O–H groups in total. The zero-order valence-corrected chi connectivity index (χ0v) is 23.1. The molecule has 1 atom stereocenters. The Morgan fingerprint density at radius 2 is 1.59 bits per heavy atom. The summed E-state index contributed by atoms with van der Waals surface area (Å²) in [5.74, 6) is -0.909. The summed E-state index contributed by atoms with van der Waals surface area (Å²) in [4.78, 5) is 28.0. The number of rotatable bonds is 10. The molecule has 0 saturated carbocycles. The molecule has 0 bridgehead atoms. The van der Waals surface area contributed by atoms with Crippen LogP contribution in [0.2, 0.25) is 10.0 Å². The van der Waals surface area contributed by atoms with Crippen molar-refractivity contribution in [2.45, 2.75) is 37.8 Å². The third-order valence-corrected chi connectivity index (χ3v) is 8.50. The first kappa shape index (κ1) is 28.5. The molecule has 0 radical (unpaired) electrons. The summed E-state index contributed by atoms with van der Waals surface area (Å²) in [6.45, 7) is 3.28. The van der Waals surface area contributed by atoms with Gasteiger partial charge in [-0.25, -0.2) is 8.42 Å². The van der Waals surface area contributed by atoms with E-state index in [9.17, 15) is 18.0 Å². The fourth-order valence-electron chi connectivity index (χ4n) is 3.89. The van der Waals surface area contributed by atoms with Crippen molar-refractivity contribution in [3.05, 3.63) is 94.0 Å². The largest absolute Gasteiger partial charge is 0.357 e. The van der Waals surface area contributed by atoms with E-state index < -0.39 is 28.5 Å². The van der Waals surface area contributed by atoms with E-state index in [1.54, 1.807) is 31.2 Å². The van der Waals surface area contributed by atoms with Gasteiger partial charge in [0.2, 0.25) is 11.8 Å². The number of nitrogens with one attached hydrogen (secondary N) is 1. The normalized spacial score (nSPS) is 12.0. The highest BCUT2D eigenvalue weighted by Gasteiger charge is 2.34. The van der Waals surface area contributed by atoms with E-state index >= 15 is 0 Å². The predicted molar refractivity (Wildman–Crippen MR) is 147 cm³/mol. The summed E-state index contributed by atoms with van der Waals surface area (Å²) in [6, 6.07) is 19.1. The van der Waals surface area contributed by atoms with E-state index in [0.29, 0.717) is 6.42 Å². The summed E-state index contributed by atoms with van der Waals surface area (Å²) in [6.07, 6.45) is 0.334. The van der Waals surface area contributed by atoms with Crippen molar-refractivity contribution >= 4 is 50.7 Å². The fourth-order valence-corrected chi connectivity index (χ4v) is 5.79. The van der Waals surface area contributed by atoms with Crippen LogP contribution in [-0.2, 0) is 26.2 Å². The molecule has 0 aliphatic rings. The van der Waals surface area contributed by atoms with Crippen molar-refractivity contribution in [2.24, 2.45) is 0 Å². The van der Waals surface area contributed by atoms with Crippen LogP contribution in [0.3, 0.4) is 0 Å². The molecule has 3 rings (SSSR count). The van der Waals surface area contributed by atoms with Crippen molar-refractivity contribution < 1.29 is 18.0 Å². The zero-order chi connectivity index (χ0) is 27.2. The molecule has 0 heterocycles. The van der Waals surface area contributed by atoms with Crippen LogP contribution >= 0.6 is 23.2 Å². The standard InChI is InChI=1S/C27H29Cl2N3O4S/c1-4-23(27(34)30-3)31(17-20-15-13-19(2)14-16-20)25(33)18-32(24-12-8-11-22(28)26(24)29)37(35,36)21-9-6-5-7-10-21/h5-16,23H,4,17-18H2,1-3H3,(H,30,34). The molecule has 0 fully saturated rings. The average molecular weight is 563 g/mol. The number of hydrogen-bond donors (Lipinski definition) is 1. The molecule has 10 heteroatoms. The summed E-state index contributed by atoms with van der Waals surface area (Å²) < 4.78 is 28.4. The van der Waals surface area contributed by atoms with Gasteiger partial charge >= 0.3 is 0 Å². The van der Waals surface area contributed by atoms with Crippen LogP contribution in [0.15, 0.2) is 77.7 Å². The average Bonchev–Trinajstić information content (AvgIpc) is 2.90. The minimum absolute atomic E-state index is 0.0000925. The van der Waals surface area contributed by atoms with E-state index in [-0.39, 0.29) is 33.1 Å². The number of carbonyl (C=O) groups excluding carboxylic acids is 2. The quantitative estimate of drug-likeness (QED) is 0.375. The highest BCUT2D eigenvalue weighted by atomic mass is 35.5. The molecule has 196 valence electrons. The molecule has 0 aromatic heterocycles. The van der Waals surface area contributed by atoms with E-state index in [0.717, 1.165) is 15.4 Å². The number of halogens is 2. The third-order valence-electron chi connectivity index (χ3n) is 5.92. The highest BCUT2D eigenvalue weighted by molar-refractivity contribution is 7.92. The Hall–Kier alpha value is -3.07. The lowest BCUT2D eigenvalue weighted by atomic mass is 10.1. The smallest absolute Gasteiger partial charge is 0.264 e. The lowest BCUT2D eigenvalue weighted by Crippen LogP contribution is -2.51. The number of sulfonamides is 1. The number of nitrogens with zero attached hydrogens (tertiary/aromatic N) is 2. The fraction of sp³-hybridized carbons (Fsp3) is 0.259. The van der Waals surface area contributed by atoms with Gasteiger partial charge in [-0.15, -0.1) is 0 Å². The van der Waals surface area contributed by atoms with Crippen LogP contribution in [0, 0.1) is 6.92 Å². The van der Waals surface area contributed by atoms with Crippen molar-refractivity contribution in [1.29, 1.82) is 0 Å². The van der Waals surface area contributed by atoms with Crippen molar-refractivity contribution in [1.82, 2.24) is 10.2 Å². The zero-order valence-electron chi connectivity index (χ0n) is 20.8. The topological polar surface area (TPSA) is 86.8 Å². The van der Waals surface area contributed by atoms with Gasteiger partial charge in [-0.2, -0.15) is 0 Å². The molecule has 0 saturated heterocycles. The van der Waals surface area contributed by atoms with Gasteiger partial charge in [-0.3, -0.25) is 13.9 Å². The molecule has 1 unspecified atom stereocenters. The maximum absolute atomic E-state index is 13.9. The number of carbonyl (C=O) groups is 2. The molecule has 7 nitrogen and oxygen atoms in total. The van der Waals surface area contributed by atoms with Crippen LogP contribution in [0.4, 0.5) is 5.69 Å². The summed E-state index contributed by atoms with van der Waals surface area (Å²) >= 11 is 12.6. The Balaban J connectivity index is 2.09. The minimum atomic E-state index is -4.22. The number of likely N-dealkylation sites (N-methyl/N-ethyl adjacent to an activating group) is 1. The number of aryl methyl sites for hydroxylation is 1. The second kappa shape index (κ2) is 12.4. The van der Waals surface area contributed by atoms with Gasteiger partial charge in [0.1, 0.15) is 12.6 Å². The highest BCUT2D eigenvalue weighted by Crippen LogP contribution is 2.35. The Morgan fingerprint density at radius 1 is 0.946 bits per heavy atom. The molecule has 2 amide bonds. The number of benzene rings is 3. The maximum Gasteiger partial charge on any atom is 0.264 e. The van der Waals surface area contributed by atoms with Crippen molar-refractivity contribution in [3.63, 3.8) is 0 Å². The second-order valence-electron chi connectivity index (χ2n) is 8.44. The Morgan fingerprint density at radius 3 is 2.19 bits per heavy atom. The number of amides is 2. The maximum atomic E-state index is 13.9. The van der Waals surface area contributed by atoms with Gasteiger partial charge in [0.15, 0.2) is 0 Å². The number of anilines is 1. The van der Waals surface area contributed by atoms with Gasteiger partial charge in [0.05, 0.1) is 20.6 Å². The predicted octanol–water partition coefficient (Wildman–Crippen LogP) is 5.05. The summed E-state index contributed by atoms with van der Waals surface area (Å²) in [5, 5.41) is 2.75. The van der Waals surface area contributed by atoms with Crippen LogP contribution in [-0.4, -0.2) is 44.8 Å². The second-order valence-corrected chi connectivity index (χ2v) is 11.1. The van der Waals surface area contributed by atoms with E-state index in [2.05, 4.69) is 5.32 Å². The van der Waals surface area contributed by atoms with Crippen LogP contribution in [0.1, 0.15) is 24.5 Å². The molecular weight excluding hydrogens is 533 g/mol. The molecule has 0 aliphatic heterocycles. The number of hydrogen-bond acceptors (Lipinski definition) is 4. The van der Waals surface area contributed by atoms with Gasteiger partial charge in [0, 0.05) is 13.6 Å². The van der Waals surface area contributed by atoms with Crippen molar-refractivity contribution in [2.75, 3.05) is 17.9 Å². The van der Waals surface area contributed by atoms with Crippen LogP contribution in [0.25, 0.3) is 0 Å². The van der Waals surface area contributed by atoms with Gasteiger partial charge < -0.3 is 10.2 Å². The van der Waals surface area contributed by atoms with Gasteiger partial charge in [-0.1, -0.05) is 84.2 Å². The Kier molecular flexibility index (Phi) is 9.59. The summed E-state index contributed by atoms with van der Waals surface area (Å²) in [7, 11) is -2.72. The minimum Gasteiger partial charge on any atom is -0.357 e. The molecule has 3 aromatic carbocycles. The SMILES string of the molecule is CCC(C(=O)NC)N(Cc1ccc(C)cc1)C(=O)CN(c1cccc(Cl)c1Cl)S(=O)(=O)c1ccccc1. The molecule has 0 spiro atoms. The monoisotopic (exact) mass is 561 g/mol. The molecular formula is C27H29Cl2N3O4S. The van der Waals surface area contributed by atoms with E-state index in [1.807, 2.05) is 31.2 Å². The van der Waals surface area contributed by atoms with E-state index in [4.69, 9.17) is 23.2 Å². The lowest BCUT2D eigenvalue weighted by Gasteiger charge is -2.33. The third kappa shape index (κ3) is 6.63. The summed E-state index contributed by atoms with van der Waals surface area (Å²) in [5.41, 5.74) is 1.92. The van der Waals surface area contributed by atoms with Gasteiger partial charge in [0.25, 0.3) is 10.0 Å². The lowest BCUT2D eigenvalue weighted by molar-refractivity contribution is -0.140. The first-order chi connectivity index (χ1) is 17.6. The Labute approximate surface area is 228 Å². The van der Waals surface area contributed by atoms with Crippen LogP contribution in [0.5, 0.6) is 0 Å². The first-order valence-electron chi connectivity index (χ1n) is 11.7. The van der Waals surface area contributed by atoms with Crippen molar-refractivity contribution in [3.8, 4) is 0 Å². The first-order valence-corrected chi connectivity index (χ1v) is 13.9. The Bertz CT molecular complexity index is 1350. The van der Waals surface area contributed by atoms with E-state index in [1.165, 1.54) is 36.2 Å². The molecule has 3 aromatic rings. The van der Waals surface area contributed by atoms with Crippen LogP contribution < -0.4 is 9.62 Å².